The number of aliphatic imine (C=N–C) groups is 1. The van der Waals surface area contributed by atoms with Crippen LogP contribution >= 0.6 is 35.0 Å². The highest BCUT2D eigenvalue weighted by Gasteiger charge is 2.53. The molecule has 0 unspecified atom stereocenters. The molecule has 0 bridgehead atoms. The molecule has 8 heteroatoms. The summed E-state index contributed by atoms with van der Waals surface area (Å²) in [6, 6.07) is 15.6. The van der Waals surface area contributed by atoms with E-state index >= 15 is 0 Å². The van der Waals surface area contributed by atoms with Crippen molar-refractivity contribution in [2.75, 3.05) is 13.1 Å². The summed E-state index contributed by atoms with van der Waals surface area (Å²) in [5.74, 6) is 0.0828. The number of aliphatic hydroxyl groups is 1. The van der Waals surface area contributed by atoms with E-state index in [1.807, 2.05) is 48.5 Å². The number of thioether (sulfide) groups is 1. The number of halogens is 2. The van der Waals surface area contributed by atoms with Crippen LogP contribution in [0.15, 0.2) is 64.1 Å². The summed E-state index contributed by atoms with van der Waals surface area (Å²) in [5.41, 5.74) is 2.52. The van der Waals surface area contributed by atoms with Gasteiger partial charge in [0.05, 0.1) is 12.1 Å². The van der Waals surface area contributed by atoms with Gasteiger partial charge in [0, 0.05) is 28.8 Å². The minimum absolute atomic E-state index is 0.0228. The number of likely N-dealkylation sites (tertiary alicyclic amines) is 1. The van der Waals surface area contributed by atoms with Crippen molar-refractivity contribution in [2.45, 2.75) is 44.9 Å². The van der Waals surface area contributed by atoms with Gasteiger partial charge in [-0.15, -0.1) is 0 Å². The normalized spacial score (nSPS) is 26.5. The van der Waals surface area contributed by atoms with Crippen LogP contribution in [0.25, 0.3) is 0 Å². The highest BCUT2D eigenvalue weighted by Crippen LogP contribution is 2.56. The van der Waals surface area contributed by atoms with E-state index in [1.54, 1.807) is 4.90 Å². The van der Waals surface area contributed by atoms with Crippen molar-refractivity contribution in [1.29, 1.82) is 0 Å². The van der Waals surface area contributed by atoms with E-state index in [0.717, 1.165) is 22.0 Å². The summed E-state index contributed by atoms with van der Waals surface area (Å²) < 4.78 is 0. The molecule has 3 heterocycles. The van der Waals surface area contributed by atoms with E-state index in [1.165, 1.54) is 11.8 Å². The van der Waals surface area contributed by atoms with E-state index in [2.05, 4.69) is 25.7 Å². The maximum atomic E-state index is 13.5. The number of carbonyl (C=O) groups is 1. The van der Waals surface area contributed by atoms with Gasteiger partial charge in [-0.3, -0.25) is 4.79 Å². The minimum Gasteiger partial charge on any atom is -0.391 e. The molecule has 0 radical (unpaired) electrons. The van der Waals surface area contributed by atoms with Gasteiger partial charge in [0.15, 0.2) is 5.17 Å². The lowest BCUT2D eigenvalue weighted by molar-refractivity contribution is -0.125. The number of carbonyl (C=O) groups excluding carboxylic acids is 1. The number of aliphatic hydroxyl groups excluding tert-OH is 1. The SMILES string of the molecule is CC(C)C1=C(C(=O)N2CC[C@@H](O)C2)SC2=N[C@@](C)(c3ccc(Cl)cc3)[C@@H](c3ccc(Cl)cc3)N21. The second-order valence-electron chi connectivity index (χ2n) is 9.54. The summed E-state index contributed by atoms with van der Waals surface area (Å²) in [6.07, 6.45) is 0.165. The van der Waals surface area contributed by atoms with Crippen molar-refractivity contribution >= 4 is 46.0 Å². The molecule has 1 saturated heterocycles. The Balaban J connectivity index is 1.63. The molecular formula is C26H27Cl2N3O2S. The maximum absolute atomic E-state index is 13.5. The lowest BCUT2D eigenvalue weighted by atomic mass is 9.81. The predicted octanol–water partition coefficient (Wildman–Crippen LogP) is 5.83. The Morgan fingerprint density at radius 1 is 1.12 bits per heavy atom. The number of allylic oxidation sites excluding steroid dienone is 1. The first kappa shape index (κ1) is 23.7. The number of amidine groups is 1. The van der Waals surface area contributed by atoms with Gasteiger partial charge in [-0.1, -0.05) is 61.3 Å². The molecule has 0 spiro atoms. The van der Waals surface area contributed by atoms with Crippen LogP contribution in [0.1, 0.15) is 44.4 Å². The number of benzene rings is 2. The molecule has 3 aliphatic heterocycles. The summed E-state index contributed by atoms with van der Waals surface area (Å²) in [5, 5.41) is 12.2. The molecule has 1 amide bonds. The highest BCUT2D eigenvalue weighted by atomic mass is 35.5. The Kier molecular flexibility index (Phi) is 6.22. The summed E-state index contributed by atoms with van der Waals surface area (Å²) >= 11 is 13.9. The third-order valence-electron chi connectivity index (χ3n) is 6.82. The standard InChI is InChI=1S/C26H27Cl2N3O2S/c1-15(2)21-22(24(33)30-13-12-20(32)14-30)34-25-29-26(3,17-6-10-19(28)11-7-17)23(31(21)25)16-4-8-18(27)9-5-16/h4-11,15,20,23,32H,12-14H2,1-3H3/t20-,23-,26+/m1/s1. The van der Waals surface area contributed by atoms with Crippen LogP contribution in [0.2, 0.25) is 10.0 Å². The van der Waals surface area contributed by atoms with Crippen molar-refractivity contribution in [3.63, 3.8) is 0 Å². The number of fused-ring (bicyclic) bond motifs is 1. The Hall–Kier alpha value is -1.99. The Morgan fingerprint density at radius 2 is 1.74 bits per heavy atom. The lowest BCUT2D eigenvalue weighted by Gasteiger charge is -2.37. The molecule has 3 aliphatic rings. The summed E-state index contributed by atoms with van der Waals surface area (Å²) in [4.78, 5) is 23.5. The number of hydrogen-bond donors (Lipinski definition) is 1. The van der Waals surface area contributed by atoms with Crippen molar-refractivity contribution < 1.29 is 9.90 Å². The number of nitrogens with zero attached hydrogens (tertiary/aromatic N) is 3. The number of hydrogen-bond acceptors (Lipinski definition) is 5. The van der Waals surface area contributed by atoms with Crippen LogP contribution in [0.4, 0.5) is 0 Å². The quantitative estimate of drug-likeness (QED) is 0.556. The summed E-state index contributed by atoms with van der Waals surface area (Å²) in [7, 11) is 0. The largest absolute Gasteiger partial charge is 0.391 e. The molecule has 1 N–H and O–H groups in total. The van der Waals surface area contributed by atoms with Gasteiger partial charge in [0.25, 0.3) is 5.91 Å². The van der Waals surface area contributed by atoms with E-state index < -0.39 is 11.6 Å². The van der Waals surface area contributed by atoms with Crippen molar-refractivity contribution in [1.82, 2.24) is 9.80 Å². The molecule has 34 heavy (non-hydrogen) atoms. The van der Waals surface area contributed by atoms with Crippen LogP contribution in [0.5, 0.6) is 0 Å². The first-order valence-electron chi connectivity index (χ1n) is 11.5. The lowest BCUT2D eigenvalue weighted by Crippen LogP contribution is -2.36. The Morgan fingerprint density at radius 3 is 2.29 bits per heavy atom. The van der Waals surface area contributed by atoms with Gasteiger partial charge in [0.1, 0.15) is 10.4 Å². The topological polar surface area (TPSA) is 56.1 Å². The molecule has 3 atom stereocenters. The average Bonchev–Trinajstić information content (AvgIpc) is 3.46. The predicted molar refractivity (Wildman–Crippen MR) is 139 cm³/mol. The molecular weight excluding hydrogens is 489 g/mol. The van der Waals surface area contributed by atoms with E-state index in [9.17, 15) is 9.90 Å². The van der Waals surface area contributed by atoms with Gasteiger partial charge < -0.3 is 14.9 Å². The molecule has 0 aromatic heterocycles. The molecule has 2 aromatic rings. The molecule has 0 aliphatic carbocycles. The maximum Gasteiger partial charge on any atom is 0.262 e. The van der Waals surface area contributed by atoms with Gasteiger partial charge in [0.2, 0.25) is 0 Å². The Bertz CT molecular complexity index is 1180. The molecule has 5 rings (SSSR count). The van der Waals surface area contributed by atoms with Gasteiger partial charge in [-0.25, -0.2) is 4.99 Å². The number of rotatable bonds is 4. The van der Waals surface area contributed by atoms with Crippen molar-refractivity contribution in [2.24, 2.45) is 10.9 Å². The second-order valence-corrected chi connectivity index (χ2v) is 11.4. The molecule has 1 fully saturated rings. The number of amides is 1. The zero-order valence-corrected chi connectivity index (χ0v) is 21.7. The van der Waals surface area contributed by atoms with Crippen molar-refractivity contribution in [3.05, 3.63) is 80.3 Å². The second kappa shape index (κ2) is 8.90. The average molecular weight is 516 g/mol. The third-order valence-corrected chi connectivity index (χ3v) is 8.38. The fourth-order valence-corrected chi connectivity index (χ4v) is 6.76. The zero-order chi connectivity index (χ0) is 24.2. The first-order valence-corrected chi connectivity index (χ1v) is 13.1. The Labute approximate surface area is 214 Å². The van der Waals surface area contributed by atoms with Crippen molar-refractivity contribution in [3.8, 4) is 0 Å². The summed E-state index contributed by atoms with van der Waals surface area (Å²) in [6.45, 7) is 7.32. The van der Waals surface area contributed by atoms with E-state index in [0.29, 0.717) is 34.5 Å². The van der Waals surface area contributed by atoms with Crippen LogP contribution in [0.3, 0.4) is 0 Å². The van der Waals surface area contributed by atoms with Gasteiger partial charge in [-0.2, -0.15) is 0 Å². The van der Waals surface area contributed by atoms with Crippen LogP contribution in [-0.4, -0.2) is 45.2 Å². The van der Waals surface area contributed by atoms with E-state index in [-0.39, 0.29) is 17.9 Å². The zero-order valence-electron chi connectivity index (χ0n) is 19.3. The fraction of sp³-hybridized carbons (Fsp3) is 0.385. The van der Waals surface area contributed by atoms with E-state index in [4.69, 9.17) is 28.2 Å². The van der Waals surface area contributed by atoms with Crippen LogP contribution < -0.4 is 0 Å². The highest BCUT2D eigenvalue weighted by molar-refractivity contribution is 8.18. The van der Waals surface area contributed by atoms with Gasteiger partial charge in [-0.05, 0) is 66.4 Å². The third kappa shape index (κ3) is 3.95. The molecule has 0 saturated carbocycles. The number of β-amino-alcohol motifs (C(OH)–C–C–N with tert-alkyl or cyclic N) is 1. The smallest absolute Gasteiger partial charge is 0.262 e. The monoisotopic (exact) mass is 515 g/mol. The molecule has 5 nitrogen and oxygen atoms in total. The van der Waals surface area contributed by atoms with Gasteiger partial charge >= 0.3 is 0 Å². The fourth-order valence-electron chi connectivity index (χ4n) is 5.13. The first-order chi connectivity index (χ1) is 16.2. The minimum atomic E-state index is -0.584. The molecule has 178 valence electrons. The van der Waals surface area contributed by atoms with Crippen LogP contribution in [0, 0.1) is 5.92 Å². The molecule has 2 aromatic carbocycles. The van der Waals surface area contributed by atoms with Crippen LogP contribution in [-0.2, 0) is 10.3 Å².